The van der Waals surface area contributed by atoms with Crippen molar-refractivity contribution in [1.29, 1.82) is 0 Å². The van der Waals surface area contributed by atoms with E-state index in [0.717, 1.165) is 17.1 Å². The van der Waals surface area contributed by atoms with Gasteiger partial charge in [-0.05, 0) is 39.8 Å². The van der Waals surface area contributed by atoms with E-state index in [4.69, 9.17) is 9.47 Å². The van der Waals surface area contributed by atoms with Crippen LogP contribution in [-0.2, 0) is 16.4 Å². The van der Waals surface area contributed by atoms with Gasteiger partial charge < -0.3 is 19.7 Å². The van der Waals surface area contributed by atoms with Gasteiger partial charge >= 0.3 is 0 Å². The number of hydrogen-bond acceptors (Lipinski definition) is 5. The molecule has 1 rings (SSSR count). The average molecular weight is 400 g/mol. The minimum absolute atomic E-state index is 0.0189. The maximum Gasteiger partial charge on any atom is 0.193 e. The molecule has 7 nitrogen and oxygen atoms in total. The molecule has 0 aliphatic rings. The van der Waals surface area contributed by atoms with Gasteiger partial charge in [0.15, 0.2) is 15.8 Å². The van der Waals surface area contributed by atoms with Crippen LogP contribution >= 0.6 is 0 Å². The predicted molar refractivity (Wildman–Crippen MR) is 111 cm³/mol. The first-order valence-electron chi connectivity index (χ1n) is 8.98. The third-order valence-electron chi connectivity index (χ3n) is 4.15. The molecule has 8 heteroatoms. The van der Waals surface area contributed by atoms with Gasteiger partial charge in [-0.1, -0.05) is 0 Å². The van der Waals surface area contributed by atoms with Crippen LogP contribution in [-0.4, -0.2) is 64.1 Å². The van der Waals surface area contributed by atoms with Crippen molar-refractivity contribution in [2.75, 3.05) is 40.1 Å². The van der Waals surface area contributed by atoms with Gasteiger partial charge in [0.1, 0.15) is 11.5 Å². The highest BCUT2D eigenvalue weighted by atomic mass is 32.2. The summed E-state index contributed by atoms with van der Waals surface area (Å²) in [5.41, 5.74) is 0.980. The van der Waals surface area contributed by atoms with Crippen molar-refractivity contribution in [3.63, 3.8) is 0 Å². The summed E-state index contributed by atoms with van der Waals surface area (Å²) < 4.78 is 34.4. The number of ether oxygens (including phenoxy) is 2. The van der Waals surface area contributed by atoms with Crippen molar-refractivity contribution in [2.24, 2.45) is 4.99 Å². The molecule has 0 aliphatic heterocycles. The Morgan fingerprint density at radius 2 is 1.89 bits per heavy atom. The number of sulfone groups is 1. The number of methoxy groups -OCH3 is 2. The average Bonchev–Trinajstić information content (AvgIpc) is 2.60. The molecule has 0 unspecified atom stereocenters. The SMILES string of the molecule is CCNC(=NCCS(=O)(=O)C(C)(C)C)N(C)Cc1ccc(OC)cc1OC. The van der Waals surface area contributed by atoms with Crippen molar-refractivity contribution in [3.8, 4) is 11.5 Å². The quantitative estimate of drug-likeness (QED) is 0.534. The molecular formula is C19H33N3O4S. The van der Waals surface area contributed by atoms with Gasteiger partial charge in [-0.3, -0.25) is 4.99 Å². The number of rotatable bonds is 8. The molecule has 1 aromatic rings. The molecule has 0 radical (unpaired) electrons. The summed E-state index contributed by atoms with van der Waals surface area (Å²) >= 11 is 0. The Morgan fingerprint density at radius 3 is 2.41 bits per heavy atom. The standard InChI is InChI=1S/C19H33N3O4S/c1-8-20-18(21-11-12-27(23,24)19(2,3)4)22(5)14-15-9-10-16(25-6)13-17(15)26-7/h9-10,13H,8,11-12,14H2,1-7H3,(H,20,21). The molecule has 0 amide bonds. The summed E-state index contributed by atoms with van der Waals surface area (Å²) in [6, 6.07) is 5.66. The largest absolute Gasteiger partial charge is 0.497 e. The number of hydrogen-bond donors (Lipinski definition) is 1. The van der Waals surface area contributed by atoms with Gasteiger partial charge in [-0.15, -0.1) is 0 Å². The summed E-state index contributed by atoms with van der Waals surface area (Å²) in [5, 5.41) is 3.20. The van der Waals surface area contributed by atoms with Crippen LogP contribution in [0.4, 0.5) is 0 Å². The molecule has 0 aromatic heterocycles. The number of benzene rings is 1. The van der Waals surface area contributed by atoms with Crippen molar-refractivity contribution < 1.29 is 17.9 Å². The van der Waals surface area contributed by atoms with Gasteiger partial charge in [-0.25, -0.2) is 8.42 Å². The number of nitrogens with one attached hydrogen (secondary N) is 1. The number of nitrogens with zero attached hydrogens (tertiary/aromatic N) is 2. The molecule has 27 heavy (non-hydrogen) atoms. The van der Waals surface area contributed by atoms with Crippen molar-refractivity contribution >= 4 is 15.8 Å². The van der Waals surface area contributed by atoms with E-state index >= 15 is 0 Å². The van der Waals surface area contributed by atoms with E-state index in [-0.39, 0.29) is 12.3 Å². The molecule has 0 aliphatic carbocycles. The van der Waals surface area contributed by atoms with Crippen molar-refractivity contribution in [2.45, 2.75) is 39.0 Å². The van der Waals surface area contributed by atoms with Gasteiger partial charge in [0.05, 0.1) is 31.3 Å². The molecule has 0 saturated carbocycles. The van der Waals surface area contributed by atoms with Crippen molar-refractivity contribution in [1.82, 2.24) is 10.2 Å². The Balaban J connectivity index is 2.91. The fourth-order valence-corrected chi connectivity index (χ4v) is 3.30. The predicted octanol–water partition coefficient (Wildman–Crippen LogP) is 2.31. The summed E-state index contributed by atoms with van der Waals surface area (Å²) in [6.45, 7) is 8.56. The molecule has 0 fully saturated rings. The fraction of sp³-hybridized carbons (Fsp3) is 0.632. The Labute approximate surface area is 163 Å². The lowest BCUT2D eigenvalue weighted by molar-refractivity contribution is 0.382. The molecule has 154 valence electrons. The monoisotopic (exact) mass is 399 g/mol. The summed E-state index contributed by atoms with van der Waals surface area (Å²) in [4.78, 5) is 6.43. The van der Waals surface area contributed by atoms with E-state index in [2.05, 4.69) is 10.3 Å². The smallest absolute Gasteiger partial charge is 0.193 e. The highest BCUT2D eigenvalue weighted by molar-refractivity contribution is 7.92. The minimum Gasteiger partial charge on any atom is -0.497 e. The minimum atomic E-state index is -3.20. The molecule has 1 aromatic carbocycles. The highest BCUT2D eigenvalue weighted by Gasteiger charge is 2.28. The second-order valence-electron chi connectivity index (χ2n) is 7.20. The van der Waals surface area contributed by atoms with Crippen molar-refractivity contribution in [3.05, 3.63) is 23.8 Å². The lowest BCUT2D eigenvalue weighted by Gasteiger charge is -2.24. The first-order chi connectivity index (χ1) is 12.6. The van der Waals surface area contributed by atoms with E-state index in [0.29, 0.717) is 19.0 Å². The third kappa shape index (κ3) is 6.61. The molecular weight excluding hydrogens is 366 g/mol. The maximum atomic E-state index is 12.3. The van der Waals surface area contributed by atoms with Gasteiger partial charge in [-0.2, -0.15) is 0 Å². The van der Waals surface area contributed by atoms with Crippen LogP contribution in [0.1, 0.15) is 33.3 Å². The Kier molecular flexibility index (Phi) is 8.40. The van der Waals surface area contributed by atoms with Crippen LogP contribution in [0.15, 0.2) is 23.2 Å². The second-order valence-corrected chi connectivity index (χ2v) is 10.1. The van der Waals surface area contributed by atoms with E-state index in [1.54, 1.807) is 35.0 Å². The molecule has 0 spiro atoms. The highest BCUT2D eigenvalue weighted by Crippen LogP contribution is 2.25. The van der Waals surface area contributed by atoms with Crippen LogP contribution in [0, 0.1) is 0 Å². The number of aliphatic imine (C=N–C) groups is 1. The molecule has 1 N–H and O–H groups in total. The first-order valence-corrected chi connectivity index (χ1v) is 10.6. The first kappa shape index (κ1) is 23.1. The van der Waals surface area contributed by atoms with Crippen LogP contribution in [0.2, 0.25) is 0 Å². The van der Waals surface area contributed by atoms with Gasteiger partial charge in [0.25, 0.3) is 0 Å². The zero-order valence-corrected chi connectivity index (χ0v) is 18.3. The van der Waals surface area contributed by atoms with Crippen LogP contribution in [0.3, 0.4) is 0 Å². The zero-order chi connectivity index (χ0) is 20.7. The fourth-order valence-electron chi connectivity index (χ4n) is 2.36. The van der Waals surface area contributed by atoms with Gasteiger partial charge in [0, 0.05) is 31.8 Å². The molecule has 0 saturated heterocycles. The lowest BCUT2D eigenvalue weighted by Crippen LogP contribution is -2.39. The van der Waals surface area contributed by atoms with Gasteiger partial charge in [0.2, 0.25) is 0 Å². The summed E-state index contributed by atoms with van der Waals surface area (Å²) in [6.07, 6.45) is 0. The van der Waals surface area contributed by atoms with Crippen LogP contribution in [0.5, 0.6) is 11.5 Å². The summed E-state index contributed by atoms with van der Waals surface area (Å²) in [5.74, 6) is 2.13. The van der Waals surface area contributed by atoms with E-state index in [9.17, 15) is 8.42 Å². The lowest BCUT2D eigenvalue weighted by atomic mass is 10.2. The zero-order valence-electron chi connectivity index (χ0n) is 17.5. The molecule has 0 atom stereocenters. The second kappa shape index (κ2) is 9.82. The van der Waals surface area contributed by atoms with E-state index in [1.165, 1.54) is 0 Å². The van der Waals surface area contributed by atoms with Crippen LogP contribution < -0.4 is 14.8 Å². The third-order valence-corrected chi connectivity index (χ3v) is 6.74. The van der Waals surface area contributed by atoms with E-state index in [1.807, 2.05) is 37.1 Å². The summed E-state index contributed by atoms with van der Waals surface area (Å²) in [7, 11) is 1.94. The Morgan fingerprint density at radius 1 is 1.22 bits per heavy atom. The number of guanidine groups is 1. The normalized spacial score (nSPS) is 12.6. The maximum absolute atomic E-state index is 12.3. The van der Waals surface area contributed by atoms with Crippen LogP contribution in [0.25, 0.3) is 0 Å². The topological polar surface area (TPSA) is 80.2 Å². The molecule has 0 heterocycles. The Hall–Kier alpha value is -1.96. The van der Waals surface area contributed by atoms with E-state index < -0.39 is 14.6 Å². The Bertz CT molecular complexity index is 740. The molecule has 0 bridgehead atoms.